The number of carbonyl (C=O) groups excluding carboxylic acids is 1. The molecule has 0 saturated carbocycles. The molecule has 4 rings (SSSR count). The van der Waals surface area contributed by atoms with Gasteiger partial charge in [0.1, 0.15) is 17.3 Å². The van der Waals surface area contributed by atoms with Gasteiger partial charge < -0.3 is 15.0 Å². The number of fused-ring (bicyclic) bond motifs is 2. The number of rotatable bonds is 3. The van der Waals surface area contributed by atoms with Gasteiger partial charge >= 0.3 is 0 Å². The Morgan fingerprint density at radius 3 is 2.69 bits per heavy atom. The first-order valence-electron chi connectivity index (χ1n) is 9.33. The summed E-state index contributed by atoms with van der Waals surface area (Å²) < 4.78 is 6.12. The Kier molecular flexibility index (Phi) is 5.23. The second-order valence-corrected chi connectivity index (χ2v) is 7.13. The van der Waals surface area contributed by atoms with Gasteiger partial charge in [0.25, 0.3) is 5.91 Å². The van der Waals surface area contributed by atoms with Gasteiger partial charge in [-0.2, -0.15) is 0 Å². The quantitative estimate of drug-likeness (QED) is 0.605. The Morgan fingerprint density at radius 2 is 1.90 bits per heavy atom. The number of hydrogen-bond acceptors (Lipinski definition) is 4. The number of carbonyl (C=O) groups is 1. The van der Waals surface area contributed by atoms with Gasteiger partial charge in [-0.1, -0.05) is 29.8 Å². The van der Waals surface area contributed by atoms with Crippen LogP contribution < -0.4 is 10.1 Å². The molecule has 3 aromatic rings. The van der Waals surface area contributed by atoms with Crippen LogP contribution >= 0.6 is 11.6 Å². The van der Waals surface area contributed by atoms with E-state index < -0.39 is 0 Å². The topological polar surface area (TPSA) is 53.9 Å². The lowest BCUT2D eigenvalue weighted by atomic mass is 10.1. The number of aliphatic imine (C=N–C) groups is 1. The molecule has 0 aromatic heterocycles. The van der Waals surface area contributed by atoms with Crippen molar-refractivity contribution in [1.29, 1.82) is 0 Å². The lowest BCUT2D eigenvalue weighted by Crippen LogP contribution is -2.27. The van der Waals surface area contributed by atoms with Crippen LogP contribution in [0, 0.1) is 0 Å². The fourth-order valence-corrected chi connectivity index (χ4v) is 3.26. The van der Waals surface area contributed by atoms with E-state index in [2.05, 4.69) is 12.2 Å². The van der Waals surface area contributed by atoms with Crippen LogP contribution in [0.3, 0.4) is 0 Å². The van der Waals surface area contributed by atoms with Gasteiger partial charge in [-0.3, -0.25) is 4.79 Å². The summed E-state index contributed by atoms with van der Waals surface area (Å²) in [6, 6.07) is 20.1. The number of amides is 1. The molecule has 1 amide bonds. The van der Waals surface area contributed by atoms with Crippen molar-refractivity contribution in [3.63, 3.8) is 0 Å². The number of hydrogen-bond donors (Lipinski definition) is 1. The van der Waals surface area contributed by atoms with Crippen molar-refractivity contribution in [2.24, 2.45) is 4.99 Å². The van der Waals surface area contributed by atoms with Gasteiger partial charge in [-0.05, 0) is 55.5 Å². The number of benzene rings is 3. The molecule has 3 aromatic carbocycles. The maximum atomic E-state index is 12.6. The van der Waals surface area contributed by atoms with E-state index >= 15 is 0 Å². The first kappa shape index (κ1) is 19.0. The molecular formula is C23H20ClN3O2. The third-order valence-corrected chi connectivity index (χ3v) is 4.95. The highest BCUT2D eigenvalue weighted by molar-refractivity contribution is 6.31. The highest BCUT2D eigenvalue weighted by Gasteiger charge is 2.21. The molecule has 0 saturated heterocycles. The molecule has 0 atom stereocenters. The Labute approximate surface area is 174 Å². The molecule has 0 bridgehead atoms. The SMILES string of the molecule is CCN(C)C1=Nc2ccccc2Oc2ccc(NC(=O)c3cccc(Cl)c3)cc21. The molecule has 6 heteroatoms. The predicted octanol–water partition coefficient (Wildman–Crippen LogP) is 5.73. The van der Waals surface area contributed by atoms with Crippen molar-refractivity contribution >= 4 is 34.7 Å². The minimum absolute atomic E-state index is 0.229. The first-order valence-corrected chi connectivity index (χ1v) is 9.71. The first-order chi connectivity index (χ1) is 14.0. The van der Waals surface area contributed by atoms with Gasteiger partial charge in [-0.25, -0.2) is 4.99 Å². The van der Waals surface area contributed by atoms with Gasteiger partial charge in [0.15, 0.2) is 5.75 Å². The molecule has 146 valence electrons. The van der Waals surface area contributed by atoms with E-state index in [-0.39, 0.29) is 5.91 Å². The van der Waals surface area contributed by atoms with Crippen molar-refractivity contribution in [3.05, 3.63) is 82.9 Å². The van der Waals surface area contributed by atoms with Crippen LogP contribution in [0.1, 0.15) is 22.8 Å². The number of halogens is 1. The van der Waals surface area contributed by atoms with Gasteiger partial charge in [-0.15, -0.1) is 0 Å². The molecule has 1 aliphatic heterocycles. The van der Waals surface area contributed by atoms with E-state index in [1.807, 2.05) is 54.4 Å². The second-order valence-electron chi connectivity index (χ2n) is 6.69. The van der Waals surface area contributed by atoms with Crippen LogP contribution in [-0.4, -0.2) is 30.2 Å². The van der Waals surface area contributed by atoms with Crippen molar-refractivity contribution < 1.29 is 9.53 Å². The average molecular weight is 406 g/mol. The largest absolute Gasteiger partial charge is 0.454 e. The predicted molar refractivity (Wildman–Crippen MR) is 117 cm³/mol. The van der Waals surface area contributed by atoms with E-state index in [0.717, 1.165) is 23.6 Å². The summed E-state index contributed by atoms with van der Waals surface area (Å²) in [4.78, 5) is 19.5. The Bertz CT molecular complexity index is 1110. The van der Waals surface area contributed by atoms with Crippen molar-refractivity contribution in [1.82, 2.24) is 4.90 Å². The number of para-hydroxylation sites is 2. The zero-order valence-corrected chi connectivity index (χ0v) is 16.9. The number of nitrogens with zero attached hydrogens (tertiary/aromatic N) is 2. The van der Waals surface area contributed by atoms with Crippen molar-refractivity contribution in [3.8, 4) is 11.5 Å². The second kappa shape index (κ2) is 7.97. The molecule has 0 spiro atoms. The van der Waals surface area contributed by atoms with Crippen LogP contribution in [0.25, 0.3) is 0 Å². The highest BCUT2D eigenvalue weighted by atomic mass is 35.5. The smallest absolute Gasteiger partial charge is 0.255 e. The zero-order chi connectivity index (χ0) is 20.4. The average Bonchev–Trinajstić information content (AvgIpc) is 2.89. The maximum Gasteiger partial charge on any atom is 0.255 e. The molecule has 0 aliphatic carbocycles. The van der Waals surface area contributed by atoms with E-state index in [0.29, 0.717) is 27.8 Å². The minimum atomic E-state index is -0.229. The molecule has 0 unspecified atom stereocenters. The monoisotopic (exact) mass is 405 g/mol. The Balaban J connectivity index is 1.72. The van der Waals surface area contributed by atoms with Crippen molar-refractivity contribution in [2.45, 2.75) is 6.92 Å². The van der Waals surface area contributed by atoms with E-state index in [1.54, 1.807) is 24.3 Å². The van der Waals surface area contributed by atoms with Crippen LogP contribution in [0.15, 0.2) is 71.7 Å². The van der Waals surface area contributed by atoms with E-state index in [9.17, 15) is 4.79 Å². The minimum Gasteiger partial charge on any atom is -0.454 e. The van der Waals surface area contributed by atoms with Crippen LogP contribution in [-0.2, 0) is 0 Å². The maximum absolute atomic E-state index is 12.6. The third-order valence-electron chi connectivity index (χ3n) is 4.71. The summed E-state index contributed by atoms with van der Waals surface area (Å²) in [6.45, 7) is 2.84. The number of amidine groups is 1. The summed E-state index contributed by atoms with van der Waals surface area (Å²) in [5.74, 6) is 1.94. The Morgan fingerprint density at radius 1 is 1.07 bits per heavy atom. The molecule has 1 N–H and O–H groups in total. The fraction of sp³-hybridized carbons (Fsp3) is 0.130. The molecule has 29 heavy (non-hydrogen) atoms. The lowest BCUT2D eigenvalue weighted by molar-refractivity contribution is 0.102. The van der Waals surface area contributed by atoms with Gasteiger partial charge in [0, 0.05) is 29.9 Å². The summed E-state index contributed by atoms with van der Waals surface area (Å²) in [5, 5.41) is 3.45. The van der Waals surface area contributed by atoms with Crippen LogP contribution in [0.2, 0.25) is 5.02 Å². The summed E-state index contributed by atoms with van der Waals surface area (Å²) in [7, 11) is 1.98. The van der Waals surface area contributed by atoms with Crippen LogP contribution in [0.4, 0.5) is 11.4 Å². The van der Waals surface area contributed by atoms with E-state index in [4.69, 9.17) is 21.3 Å². The number of ether oxygens (including phenoxy) is 1. The van der Waals surface area contributed by atoms with Gasteiger partial charge in [0.2, 0.25) is 0 Å². The Hall–Kier alpha value is -3.31. The lowest BCUT2D eigenvalue weighted by Gasteiger charge is -2.20. The molecule has 1 heterocycles. The van der Waals surface area contributed by atoms with E-state index in [1.165, 1.54) is 0 Å². The summed E-state index contributed by atoms with van der Waals surface area (Å²) >= 11 is 6.00. The molecule has 0 fully saturated rings. The van der Waals surface area contributed by atoms with Gasteiger partial charge in [0.05, 0.1) is 5.56 Å². The highest BCUT2D eigenvalue weighted by Crippen LogP contribution is 2.38. The summed E-state index contributed by atoms with van der Waals surface area (Å²) in [6.07, 6.45) is 0. The molecule has 0 radical (unpaired) electrons. The van der Waals surface area contributed by atoms with Crippen molar-refractivity contribution in [2.75, 3.05) is 18.9 Å². The fourth-order valence-electron chi connectivity index (χ4n) is 3.07. The summed E-state index contributed by atoms with van der Waals surface area (Å²) in [5.41, 5.74) is 2.73. The third kappa shape index (κ3) is 3.96. The standard InChI is InChI=1S/C23H20ClN3O2/c1-3-27(2)22-18-14-17(25-23(28)15-7-6-8-16(24)13-15)11-12-20(18)29-21-10-5-4-9-19(21)26-22/h4-14H,3H2,1-2H3,(H,25,28). The van der Waals surface area contributed by atoms with Crippen LogP contribution in [0.5, 0.6) is 11.5 Å². The molecule has 1 aliphatic rings. The number of nitrogens with one attached hydrogen (secondary N) is 1. The zero-order valence-electron chi connectivity index (χ0n) is 16.1. The molecular weight excluding hydrogens is 386 g/mol. The number of anilines is 1. The molecule has 5 nitrogen and oxygen atoms in total. The normalized spacial score (nSPS) is 12.0.